The van der Waals surface area contributed by atoms with Crippen LogP contribution in [0.4, 0.5) is 5.13 Å². The van der Waals surface area contributed by atoms with E-state index in [4.69, 9.17) is 0 Å². The Morgan fingerprint density at radius 2 is 2.43 bits per heavy atom. The van der Waals surface area contributed by atoms with Crippen LogP contribution in [0.1, 0.15) is 6.92 Å². The maximum Gasteiger partial charge on any atom is 0.229 e. The van der Waals surface area contributed by atoms with Crippen molar-refractivity contribution < 1.29 is 4.79 Å². The first-order valence-electron chi connectivity index (χ1n) is 6.44. The van der Waals surface area contributed by atoms with Gasteiger partial charge in [-0.05, 0) is 12.1 Å². The van der Waals surface area contributed by atoms with Crippen LogP contribution in [0.25, 0.3) is 10.6 Å². The highest BCUT2D eigenvalue weighted by atomic mass is 32.2. The first-order valence-corrected chi connectivity index (χ1v) is 8.41. The van der Waals surface area contributed by atoms with Gasteiger partial charge in [-0.25, -0.2) is 0 Å². The number of nitrogens with one attached hydrogen (secondary N) is 1. The third-order valence-corrected chi connectivity index (χ3v) is 4.71. The fourth-order valence-corrected chi connectivity index (χ4v) is 3.06. The zero-order valence-electron chi connectivity index (χ0n) is 11.7. The Morgan fingerprint density at radius 1 is 1.57 bits per heavy atom. The van der Waals surface area contributed by atoms with Crippen LogP contribution in [0.2, 0.25) is 0 Å². The van der Waals surface area contributed by atoms with Crippen molar-refractivity contribution in [3.63, 3.8) is 0 Å². The fraction of sp³-hybridized carbons (Fsp3) is 0.286. The van der Waals surface area contributed by atoms with Crippen LogP contribution < -0.4 is 5.32 Å². The molecule has 2 aromatic heterocycles. The predicted molar refractivity (Wildman–Crippen MR) is 88.5 cm³/mol. The monoisotopic (exact) mass is 320 g/mol. The number of pyridine rings is 1. The minimum atomic E-state index is -0.0827. The van der Waals surface area contributed by atoms with Crippen LogP contribution in [0.15, 0.2) is 37.2 Å². The van der Waals surface area contributed by atoms with E-state index < -0.39 is 0 Å². The van der Waals surface area contributed by atoms with Crippen LogP contribution in [-0.4, -0.2) is 32.6 Å². The molecule has 0 aromatic carbocycles. The standard InChI is InChI=1S/C14H16N4OS2/c1-3-7-20-9-10(2)12(19)16-14-18-17-13(21-14)11-5-4-6-15-8-11/h3-6,8,10H,1,7,9H2,2H3,(H,16,18,19). The van der Waals surface area contributed by atoms with Crippen LogP contribution in [0, 0.1) is 5.92 Å². The van der Waals surface area contributed by atoms with Gasteiger partial charge in [-0.15, -0.1) is 16.8 Å². The molecule has 0 aliphatic rings. The molecule has 2 heterocycles. The largest absolute Gasteiger partial charge is 0.300 e. The van der Waals surface area contributed by atoms with Gasteiger partial charge >= 0.3 is 0 Å². The summed E-state index contributed by atoms with van der Waals surface area (Å²) in [5, 5.41) is 12.1. The van der Waals surface area contributed by atoms with Gasteiger partial charge in [0.05, 0.1) is 0 Å². The third-order valence-electron chi connectivity index (χ3n) is 2.61. The summed E-state index contributed by atoms with van der Waals surface area (Å²) >= 11 is 3.03. The van der Waals surface area contributed by atoms with Crippen LogP contribution in [0.5, 0.6) is 0 Å². The van der Waals surface area contributed by atoms with E-state index in [0.29, 0.717) is 5.13 Å². The molecule has 7 heteroatoms. The number of carbonyl (C=O) groups excluding carboxylic acids is 1. The maximum absolute atomic E-state index is 12.0. The molecule has 0 saturated heterocycles. The molecule has 0 aliphatic heterocycles. The van der Waals surface area contributed by atoms with Crippen LogP contribution in [0.3, 0.4) is 0 Å². The number of rotatable bonds is 7. The third kappa shape index (κ3) is 4.64. The molecule has 0 spiro atoms. The van der Waals surface area contributed by atoms with Crippen LogP contribution in [-0.2, 0) is 4.79 Å². The summed E-state index contributed by atoms with van der Waals surface area (Å²) < 4.78 is 0. The number of carbonyl (C=O) groups is 1. The van der Waals surface area contributed by atoms with E-state index in [1.165, 1.54) is 11.3 Å². The Hall–Kier alpha value is -1.73. The van der Waals surface area contributed by atoms with E-state index in [9.17, 15) is 4.79 Å². The molecule has 0 radical (unpaired) electrons. The summed E-state index contributed by atoms with van der Waals surface area (Å²) in [6.07, 6.45) is 5.26. The number of thioether (sulfide) groups is 1. The van der Waals surface area contributed by atoms with Crippen molar-refractivity contribution in [1.29, 1.82) is 0 Å². The molecule has 1 atom stereocenters. The first kappa shape index (κ1) is 15.7. The van der Waals surface area contributed by atoms with Gasteiger partial charge in [0.25, 0.3) is 0 Å². The lowest BCUT2D eigenvalue weighted by atomic mass is 10.2. The van der Waals surface area contributed by atoms with Crippen molar-refractivity contribution in [1.82, 2.24) is 15.2 Å². The molecule has 5 nitrogen and oxygen atoms in total. The normalized spacial score (nSPS) is 11.9. The van der Waals surface area contributed by atoms with Gasteiger partial charge in [0.2, 0.25) is 11.0 Å². The first-order chi connectivity index (χ1) is 10.2. The second-order valence-electron chi connectivity index (χ2n) is 4.37. The lowest BCUT2D eigenvalue weighted by molar-refractivity contribution is -0.118. The van der Waals surface area contributed by atoms with Gasteiger partial charge in [-0.1, -0.05) is 24.3 Å². The lowest BCUT2D eigenvalue weighted by Crippen LogP contribution is -2.22. The quantitative estimate of drug-likeness (QED) is 0.627. The Kier molecular flexibility index (Phi) is 5.89. The number of hydrogen-bond acceptors (Lipinski definition) is 6. The molecule has 0 bridgehead atoms. The van der Waals surface area contributed by atoms with Gasteiger partial charge in [-0.3, -0.25) is 9.78 Å². The Balaban J connectivity index is 1.93. The second kappa shape index (κ2) is 7.90. The number of hydrogen-bond donors (Lipinski definition) is 1. The molecule has 1 amide bonds. The summed E-state index contributed by atoms with van der Waals surface area (Å²) in [5.41, 5.74) is 0.894. The molecule has 21 heavy (non-hydrogen) atoms. The van der Waals surface area contributed by atoms with Crippen molar-refractivity contribution in [2.45, 2.75) is 6.92 Å². The molecule has 0 aliphatic carbocycles. The van der Waals surface area contributed by atoms with Gasteiger partial charge in [0.1, 0.15) is 0 Å². The number of nitrogens with zero attached hydrogens (tertiary/aromatic N) is 3. The number of anilines is 1. The van der Waals surface area contributed by atoms with Gasteiger partial charge in [-0.2, -0.15) is 11.8 Å². The molecule has 2 aromatic rings. The van der Waals surface area contributed by atoms with E-state index in [0.717, 1.165) is 22.1 Å². The van der Waals surface area contributed by atoms with Gasteiger partial charge in [0, 0.05) is 35.4 Å². The SMILES string of the molecule is C=CCSCC(C)C(=O)Nc1nnc(-c2cccnc2)s1. The summed E-state index contributed by atoms with van der Waals surface area (Å²) in [4.78, 5) is 16.1. The highest BCUT2D eigenvalue weighted by Crippen LogP contribution is 2.25. The molecule has 1 unspecified atom stereocenters. The van der Waals surface area contributed by atoms with Crippen molar-refractivity contribution >= 4 is 34.1 Å². The zero-order chi connectivity index (χ0) is 15.1. The van der Waals surface area contributed by atoms with Crippen molar-refractivity contribution in [2.24, 2.45) is 5.92 Å². The van der Waals surface area contributed by atoms with E-state index in [1.807, 2.05) is 25.1 Å². The molecule has 0 saturated carbocycles. The van der Waals surface area contributed by atoms with E-state index in [2.05, 4.69) is 27.1 Å². The lowest BCUT2D eigenvalue weighted by Gasteiger charge is -2.08. The number of amides is 1. The molecular weight excluding hydrogens is 304 g/mol. The highest BCUT2D eigenvalue weighted by Gasteiger charge is 2.15. The summed E-state index contributed by atoms with van der Waals surface area (Å²) in [7, 11) is 0. The maximum atomic E-state index is 12.0. The van der Waals surface area contributed by atoms with E-state index in [1.54, 1.807) is 24.2 Å². The van der Waals surface area contributed by atoms with E-state index in [-0.39, 0.29) is 11.8 Å². The van der Waals surface area contributed by atoms with E-state index >= 15 is 0 Å². The van der Waals surface area contributed by atoms with Crippen molar-refractivity contribution in [2.75, 3.05) is 16.8 Å². The topological polar surface area (TPSA) is 67.8 Å². The Bertz CT molecular complexity index is 600. The Labute approximate surface area is 131 Å². The predicted octanol–water partition coefficient (Wildman–Crippen LogP) is 3.09. The molecule has 2 rings (SSSR count). The summed E-state index contributed by atoms with van der Waals surface area (Å²) in [5.74, 6) is 1.48. The van der Waals surface area contributed by atoms with Gasteiger partial charge < -0.3 is 5.32 Å². The smallest absolute Gasteiger partial charge is 0.229 e. The number of aromatic nitrogens is 3. The zero-order valence-corrected chi connectivity index (χ0v) is 13.3. The fourth-order valence-electron chi connectivity index (χ4n) is 1.51. The second-order valence-corrected chi connectivity index (χ2v) is 6.42. The Morgan fingerprint density at radius 3 is 3.14 bits per heavy atom. The van der Waals surface area contributed by atoms with Crippen LogP contribution >= 0.6 is 23.1 Å². The van der Waals surface area contributed by atoms with Crippen molar-refractivity contribution in [3.8, 4) is 10.6 Å². The molecule has 0 fully saturated rings. The van der Waals surface area contributed by atoms with Gasteiger partial charge in [0.15, 0.2) is 5.01 Å². The molecule has 110 valence electrons. The molecular formula is C14H16N4OS2. The summed E-state index contributed by atoms with van der Waals surface area (Å²) in [6.45, 7) is 5.56. The molecule has 1 N–H and O–H groups in total. The minimum absolute atomic E-state index is 0.0413. The van der Waals surface area contributed by atoms with Crippen molar-refractivity contribution in [3.05, 3.63) is 37.2 Å². The average molecular weight is 320 g/mol. The minimum Gasteiger partial charge on any atom is -0.300 e. The summed E-state index contributed by atoms with van der Waals surface area (Å²) in [6, 6.07) is 3.75. The highest BCUT2D eigenvalue weighted by molar-refractivity contribution is 7.99. The average Bonchev–Trinajstić information content (AvgIpc) is 2.97.